The third kappa shape index (κ3) is 2.95. The van der Waals surface area contributed by atoms with Crippen LogP contribution in [0.5, 0.6) is 0 Å². The lowest BCUT2D eigenvalue weighted by Gasteiger charge is -2.00. The number of nitrogens with one attached hydrogen (secondary N) is 1. The summed E-state index contributed by atoms with van der Waals surface area (Å²) in [5, 5.41) is 11.4. The van der Waals surface area contributed by atoms with E-state index >= 15 is 0 Å². The maximum atomic E-state index is 5.64. The summed E-state index contributed by atoms with van der Waals surface area (Å²) in [6, 6.07) is 0. The SMILES string of the molecule is CCNCCc1nnc(C2CCSC2)o1. The molecule has 1 aliphatic heterocycles. The van der Waals surface area contributed by atoms with E-state index in [9.17, 15) is 0 Å². The molecule has 0 spiro atoms. The van der Waals surface area contributed by atoms with E-state index in [0.717, 1.165) is 37.0 Å². The normalized spacial score (nSPS) is 21.0. The van der Waals surface area contributed by atoms with Crippen molar-refractivity contribution in [1.82, 2.24) is 15.5 Å². The molecule has 84 valence electrons. The lowest BCUT2D eigenvalue weighted by molar-refractivity contribution is 0.422. The number of rotatable bonds is 5. The molecule has 1 saturated heterocycles. The zero-order chi connectivity index (χ0) is 10.5. The van der Waals surface area contributed by atoms with Crippen molar-refractivity contribution in [3.8, 4) is 0 Å². The van der Waals surface area contributed by atoms with E-state index < -0.39 is 0 Å². The fourth-order valence-electron chi connectivity index (χ4n) is 1.63. The second-order valence-corrected chi connectivity index (χ2v) is 4.85. The Hall–Kier alpha value is -0.550. The highest BCUT2D eigenvalue weighted by molar-refractivity contribution is 7.99. The van der Waals surface area contributed by atoms with Gasteiger partial charge in [-0.2, -0.15) is 11.8 Å². The smallest absolute Gasteiger partial charge is 0.220 e. The molecular formula is C10H17N3OS. The van der Waals surface area contributed by atoms with Crippen LogP contribution in [0.4, 0.5) is 0 Å². The van der Waals surface area contributed by atoms with Crippen molar-refractivity contribution in [3.05, 3.63) is 11.8 Å². The van der Waals surface area contributed by atoms with E-state index in [-0.39, 0.29) is 0 Å². The van der Waals surface area contributed by atoms with Gasteiger partial charge in [-0.05, 0) is 18.7 Å². The molecule has 0 aliphatic carbocycles. The first-order valence-electron chi connectivity index (χ1n) is 5.51. The van der Waals surface area contributed by atoms with Gasteiger partial charge in [0, 0.05) is 24.6 Å². The van der Waals surface area contributed by atoms with Crippen LogP contribution in [-0.2, 0) is 6.42 Å². The number of thioether (sulfide) groups is 1. The molecular weight excluding hydrogens is 210 g/mol. The Bertz CT molecular complexity index is 297. The molecule has 5 heteroatoms. The van der Waals surface area contributed by atoms with Crippen LogP contribution in [-0.4, -0.2) is 34.8 Å². The number of hydrogen-bond donors (Lipinski definition) is 1. The van der Waals surface area contributed by atoms with Gasteiger partial charge in [0.15, 0.2) is 0 Å². The van der Waals surface area contributed by atoms with Gasteiger partial charge in [-0.15, -0.1) is 10.2 Å². The highest BCUT2D eigenvalue weighted by Gasteiger charge is 2.22. The largest absolute Gasteiger partial charge is 0.425 e. The Kier molecular flexibility index (Phi) is 4.02. The summed E-state index contributed by atoms with van der Waals surface area (Å²) >= 11 is 1.97. The molecule has 1 aromatic rings. The Balaban J connectivity index is 1.86. The first-order valence-corrected chi connectivity index (χ1v) is 6.66. The molecule has 4 nitrogen and oxygen atoms in total. The molecule has 1 atom stereocenters. The number of nitrogens with zero attached hydrogens (tertiary/aromatic N) is 2. The van der Waals surface area contributed by atoms with Gasteiger partial charge >= 0.3 is 0 Å². The predicted molar refractivity (Wildman–Crippen MR) is 61.2 cm³/mol. The number of hydrogen-bond acceptors (Lipinski definition) is 5. The molecule has 0 amide bonds. The molecule has 2 heterocycles. The molecule has 15 heavy (non-hydrogen) atoms. The minimum Gasteiger partial charge on any atom is -0.425 e. The highest BCUT2D eigenvalue weighted by Crippen LogP contribution is 2.31. The Morgan fingerprint density at radius 3 is 3.20 bits per heavy atom. The van der Waals surface area contributed by atoms with Gasteiger partial charge in [0.25, 0.3) is 0 Å². The molecule has 1 aliphatic rings. The predicted octanol–water partition coefficient (Wildman–Crippen LogP) is 1.44. The summed E-state index contributed by atoms with van der Waals surface area (Å²) in [5.74, 6) is 4.46. The Morgan fingerprint density at radius 2 is 2.47 bits per heavy atom. The van der Waals surface area contributed by atoms with Gasteiger partial charge in [-0.1, -0.05) is 6.92 Å². The molecule has 1 aromatic heterocycles. The van der Waals surface area contributed by atoms with Crippen LogP contribution in [0.1, 0.15) is 31.0 Å². The maximum absolute atomic E-state index is 5.64. The standard InChI is InChI=1S/C10H17N3OS/c1-2-11-5-3-9-12-13-10(14-9)8-4-6-15-7-8/h8,11H,2-7H2,1H3. The van der Waals surface area contributed by atoms with Crippen LogP contribution in [0.2, 0.25) is 0 Å². The molecule has 0 aromatic carbocycles. The average Bonchev–Trinajstić information content (AvgIpc) is 2.87. The quantitative estimate of drug-likeness (QED) is 0.771. The van der Waals surface area contributed by atoms with E-state index in [4.69, 9.17) is 4.42 Å². The molecule has 0 bridgehead atoms. The second-order valence-electron chi connectivity index (χ2n) is 3.70. The minimum atomic E-state index is 0.496. The monoisotopic (exact) mass is 227 g/mol. The first-order chi connectivity index (χ1) is 7.40. The lowest BCUT2D eigenvalue weighted by Crippen LogP contribution is -2.16. The Labute approximate surface area is 94.2 Å². The van der Waals surface area contributed by atoms with E-state index in [1.165, 1.54) is 12.2 Å². The fourth-order valence-corrected chi connectivity index (χ4v) is 2.85. The zero-order valence-electron chi connectivity index (χ0n) is 9.03. The van der Waals surface area contributed by atoms with Crippen LogP contribution in [0.3, 0.4) is 0 Å². The van der Waals surface area contributed by atoms with E-state index in [0.29, 0.717) is 5.92 Å². The lowest BCUT2D eigenvalue weighted by atomic mass is 10.1. The van der Waals surface area contributed by atoms with E-state index in [2.05, 4.69) is 22.4 Å². The highest BCUT2D eigenvalue weighted by atomic mass is 32.2. The van der Waals surface area contributed by atoms with Gasteiger partial charge in [0.05, 0.1) is 0 Å². The molecule has 0 saturated carbocycles. The summed E-state index contributed by atoms with van der Waals surface area (Å²) in [7, 11) is 0. The van der Waals surface area contributed by atoms with Gasteiger partial charge in [0.1, 0.15) is 0 Å². The van der Waals surface area contributed by atoms with Crippen LogP contribution >= 0.6 is 11.8 Å². The third-order valence-electron chi connectivity index (χ3n) is 2.53. The fraction of sp³-hybridized carbons (Fsp3) is 0.800. The third-order valence-corrected chi connectivity index (χ3v) is 3.69. The van der Waals surface area contributed by atoms with Crippen LogP contribution < -0.4 is 5.32 Å². The summed E-state index contributed by atoms with van der Waals surface area (Å²) in [5.41, 5.74) is 0. The van der Waals surface area contributed by atoms with Gasteiger partial charge in [-0.25, -0.2) is 0 Å². The van der Waals surface area contributed by atoms with Crippen LogP contribution in [0.25, 0.3) is 0 Å². The molecule has 1 N–H and O–H groups in total. The summed E-state index contributed by atoms with van der Waals surface area (Å²) in [4.78, 5) is 0. The molecule has 0 radical (unpaired) electrons. The zero-order valence-corrected chi connectivity index (χ0v) is 9.85. The van der Waals surface area contributed by atoms with Gasteiger partial charge in [-0.3, -0.25) is 0 Å². The molecule has 2 rings (SSSR count). The van der Waals surface area contributed by atoms with Crippen molar-refractivity contribution < 1.29 is 4.42 Å². The summed E-state index contributed by atoms with van der Waals surface area (Å²) in [6.45, 7) is 3.99. The van der Waals surface area contributed by atoms with Gasteiger partial charge in [0.2, 0.25) is 11.8 Å². The van der Waals surface area contributed by atoms with E-state index in [1.54, 1.807) is 0 Å². The molecule has 1 unspecified atom stereocenters. The van der Waals surface area contributed by atoms with Crippen LogP contribution in [0, 0.1) is 0 Å². The Morgan fingerprint density at radius 1 is 1.53 bits per heavy atom. The van der Waals surface area contributed by atoms with E-state index in [1.807, 2.05) is 11.8 Å². The van der Waals surface area contributed by atoms with Crippen molar-refractivity contribution in [3.63, 3.8) is 0 Å². The second kappa shape index (κ2) is 5.51. The van der Waals surface area contributed by atoms with Crippen molar-refractivity contribution in [2.75, 3.05) is 24.6 Å². The van der Waals surface area contributed by atoms with Crippen molar-refractivity contribution in [1.29, 1.82) is 0 Å². The summed E-state index contributed by atoms with van der Waals surface area (Å²) in [6.07, 6.45) is 2.01. The maximum Gasteiger partial charge on any atom is 0.220 e. The number of likely N-dealkylation sites (N-methyl/N-ethyl adjacent to an activating group) is 1. The molecule has 1 fully saturated rings. The summed E-state index contributed by atoms with van der Waals surface area (Å²) < 4.78 is 5.64. The van der Waals surface area contributed by atoms with Crippen LogP contribution in [0.15, 0.2) is 4.42 Å². The van der Waals surface area contributed by atoms with Crippen molar-refractivity contribution >= 4 is 11.8 Å². The topological polar surface area (TPSA) is 51.0 Å². The first kappa shape index (κ1) is 11.0. The average molecular weight is 227 g/mol. The van der Waals surface area contributed by atoms with Crippen molar-refractivity contribution in [2.45, 2.75) is 25.7 Å². The van der Waals surface area contributed by atoms with Gasteiger partial charge < -0.3 is 9.73 Å². The number of aromatic nitrogens is 2. The minimum absolute atomic E-state index is 0.496. The van der Waals surface area contributed by atoms with Crippen molar-refractivity contribution in [2.24, 2.45) is 0 Å².